The summed E-state index contributed by atoms with van der Waals surface area (Å²) in [6.07, 6.45) is 3.28. The summed E-state index contributed by atoms with van der Waals surface area (Å²) in [4.78, 5) is 19.0. The van der Waals surface area contributed by atoms with Crippen molar-refractivity contribution in [1.29, 1.82) is 0 Å². The number of anilines is 1. The molecule has 1 N–H and O–H groups in total. The molecule has 3 heterocycles. The zero-order valence-electron chi connectivity index (χ0n) is 16.1. The first kappa shape index (κ1) is 19.5. The summed E-state index contributed by atoms with van der Waals surface area (Å²) in [5.41, 5.74) is 0.893. The second-order valence-electron chi connectivity index (χ2n) is 7.17. The van der Waals surface area contributed by atoms with Crippen LogP contribution in [-0.2, 0) is 4.79 Å². The van der Waals surface area contributed by atoms with Gasteiger partial charge in [0.25, 0.3) is 0 Å². The minimum absolute atomic E-state index is 0.0350. The zero-order chi connectivity index (χ0) is 20.2. The van der Waals surface area contributed by atoms with Crippen molar-refractivity contribution < 1.29 is 9.21 Å². The number of carbonyl (C=O) groups is 1. The number of hydrogen-bond acceptors (Lipinski definition) is 6. The molecule has 2 unspecified atom stereocenters. The van der Waals surface area contributed by atoms with E-state index in [2.05, 4.69) is 25.4 Å². The number of rotatable bonds is 5. The van der Waals surface area contributed by atoms with E-state index in [0.717, 1.165) is 24.9 Å². The van der Waals surface area contributed by atoms with Gasteiger partial charge in [-0.15, -0.1) is 10.2 Å². The van der Waals surface area contributed by atoms with E-state index in [9.17, 15) is 4.79 Å². The maximum absolute atomic E-state index is 12.7. The number of likely N-dealkylation sites (tertiary alicyclic amines) is 1. The van der Waals surface area contributed by atoms with Crippen LogP contribution in [0.25, 0.3) is 11.5 Å². The Hall–Kier alpha value is -2.77. The van der Waals surface area contributed by atoms with E-state index < -0.39 is 0 Å². The molecule has 2 atom stereocenters. The van der Waals surface area contributed by atoms with Crippen molar-refractivity contribution in [3.63, 3.8) is 0 Å². The molecule has 8 heteroatoms. The number of pyridine rings is 1. The van der Waals surface area contributed by atoms with Crippen LogP contribution in [0.4, 0.5) is 5.82 Å². The van der Waals surface area contributed by atoms with E-state index in [0.29, 0.717) is 29.2 Å². The number of nitrogens with zero attached hydrogens (tertiary/aromatic N) is 4. The smallest absolute Gasteiger partial charge is 0.247 e. The Morgan fingerprint density at radius 1 is 1.24 bits per heavy atom. The molecule has 0 radical (unpaired) electrons. The van der Waals surface area contributed by atoms with Crippen LogP contribution in [0.1, 0.15) is 31.7 Å². The molecular weight excluding hydrogens is 390 g/mol. The van der Waals surface area contributed by atoms with Gasteiger partial charge >= 0.3 is 0 Å². The first-order valence-corrected chi connectivity index (χ1v) is 10.0. The van der Waals surface area contributed by atoms with Crippen molar-refractivity contribution in [3.8, 4) is 11.5 Å². The molecule has 0 bridgehead atoms. The molecule has 1 aliphatic heterocycles. The minimum atomic E-state index is -0.125. The van der Waals surface area contributed by atoms with Crippen LogP contribution >= 0.6 is 11.6 Å². The third kappa shape index (κ3) is 4.63. The van der Waals surface area contributed by atoms with E-state index >= 15 is 0 Å². The molecule has 150 valence electrons. The zero-order valence-corrected chi connectivity index (χ0v) is 16.8. The maximum Gasteiger partial charge on any atom is 0.247 e. The highest BCUT2D eigenvalue weighted by molar-refractivity contribution is 6.30. The van der Waals surface area contributed by atoms with Crippen LogP contribution in [0.15, 0.2) is 53.1 Å². The molecule has 1 saturated heterocycles. The van der Waals surface area contributed by atoms with E-state index in [1.54, 1.807) is 12.1 Å². The SMILES string of the molecule is CC(c1nnc(-c2ccccc2)o1)N1CCCC(C(=O)Nc2ccc(Cl)cn2)C1. The van der Waals surface area contributed by atoms with Gasteiger partial charge < -0.3 is 9.73 Å². The average molecular weight is 412 g/mol. The van der Waals surface area contributed by atoms with Gasteiger partial charge in [-0.1, -0.05) is 29.8 Å². The fourth-order valence-corrected chi connectivity index (χ4v) is 3.62. The van der Waals surface area contributed by atoms with Gasteiger partial charge in [-0.05, 0) is 50.6 Å². The summed E-state index contributed by atoms with van der Waals surface area (Å²) < 4.78 is 5.90. The summed E-state index contributed by atoms with van der Waals surface area (Å²) in [6, 6.07) is 13.0. The third-order valence-corrected chi connectivity index (χ3v) is 5.39. The van der Waals surface area contributed by atoms with Gasteiger partial charge in [0.1, 0.15) is 5.82 Å². The van der Waals surface area contributed by atoms with Crippen molar-refractivity contribution in [2.75, 3.05) is 18.4 Å². The average Bonchev–Trinajstić information content (AvgIpc) is 3.26. The molecule has 1 aliphatic rings. The molecule has 29 heavy (non-hydrogen) atoms. The molecule has 4 rings (SSSR count). The Kier molecular flexibility index (Phi) is 5.87. The van der Waals surface area contributed by atoms with Crippen LogP contribution in [0, 0.1) is 5.92 Å². The Labute approximate surface area is 174 Å². The number of amides is 1. The van der Waals surface area contributed by atoms with Gasteiger partial charge in [0.15, 0.2) is 0 Å². The summed E-state index contributed by atoms with van der Waals surface area (Å²) in [7, 11) is 0. The van der Waals surface area contributed by atoms with Gasteiger partial charge in [0, 0.05) is 18.3 Å². The van der Waals surface area contributed by atoms with E-state index in [4.69, 9.17) is 16.0 Å². The highest BCUT2D eigenvalue weighted by Gasteiger charge is 2.31. The molecule has 0 aliphatic carbocycles. The molecule has 1 aromatic carbocycles. The Bertz CT molecular complexity index is 961. The van der Waals surface area contributed by atoms with Crippen molar-refractivity contribution in [2.45, 2.75) is 25.8 Å². The molecule has 1 fully saturated rings. The maximum atomic E-state index is 12.7. The number of piperidine rings is 1. The number of halogens is 1. The van der Waals surface area contributed by atoms with Crippen LogP contribution in [-0.4, -0.2) is 39.1 Å². The topological polar surface area (TPSA) is 84.2 Å². The quantitative estimate of drug-likeness (QED) is 0.677. The number of aromatic nitrogens is 3. The summed E-state index contributed by atoms with van der Waals surface area (Å²) in [5.74, 6) is 1.42. The Balaban J connectivity index is 1.40. The lowest BCUT2D eigenvalue weighted by molar-refractivity contribution is -0.121. The van der Waals surface area contributed by atoms with Gasteiger partial charge in [-0.25, -0.2) is 4.98 Å². The van der Waals surface area contributed by atoms with Crippen molar-refractivity contribution in [3.05, 3.63) is 59.6 Å². The first-order chi connectivity index (χ1) is 14.1. The van der Waals surface area contributed by atoms with Crippen molar-refractivity contribution in [1.82, 2.24) is 20.1 Å². The lowest BCUT2D eigenvalue weighted by Gasteiger charge is -2.34. The Morgan fingerprint density at radius 2 is 2.07 bits per heavy atom. The normalized spacial score (nSPS) is 18.3. The standard InChI is InChI=1S/C21H22ClN5O2/c1-14(20-25-26-21(29-20)15-6-3-2-4-7-15)27-11-5-8-16(13-27)19(28)24-18-10-9-17(22)12-23-18/h2-4,6-7,9-10,12,14,16H,5,8,11,13H2,1H3,(H,23,24,28). The minimum Gasteiger partial charge on any atom is -0.419 e. The third-order valence-electron chi connectivity index (χ3n) is 5.17. The molecule has 0 spiro atoms. The number of carbonyl (C=O) groups excluding carboxylic acids is 1. The highest BCUT2D eigenvalue weighted by atomic mass is 35.5. The highest BCUT2D eigenvalue weighted by Crippen LogP contribution is 2.28. The lowest BCUT2D eigenvalue weighted by atomic mass is 9.96. The number of benzene rings is 1. The lowest BCUT2D eigenvalue weighted by Crippen LogP contribution is -2.42. The molecule has 0 saturated carbocycles. The van der Waals surface area contributed by atoms with E-state index in [1.807, 2.05) is 37.3 Å². The van der Waals surface area contributed by atoms with Crippen LogP contribution in [0.2, 0.25) is 5.02 Å². The molecule has 2 aromatic heterocycles. The fraction of sp³-hybridized carbons (Fsp3) is 0.333. The van der Waals surface area contributed by atoms with E-state index in [1.165, 1.54) is 6.20 Å². The Morgan fingerprint density at radius 3 is 2.83 bits per heavy atom. The molecule has 7 nitrogen and oxygen atoms in total. The molecule has 3 aromatic rings. The van der Waals surface area contributed by atoms with Gasteiger partial charge in [-0.3, -0.25) is 9.69 Å². The predicted octanol–water partition coefficient (Wildman–Crippen LogP) is 4.20. The summed E-state index contributed by atoms with van der Waals surface area (Å²) in [6.45, 7) is 3.54. The fourth-order valence-electron chi connectivity index (χ4n) is 3.51. The number of hydrogen-bond donors (Lipinski definition) is 1. The van der Waals surface area contributed by atoms with E-state index in [-0.39, 0.29) is 17.9 Å². The number of nitrogens with one attached hydrogen (secondary N) is 1. The van der Waals surface area contributed by atoms with Crippen LogP contribution in [0.3, 0.4) is 0 Å². The monoisotopic (exact) mass is 411 g/mol. The second-order valence-corrected chi connectivity index (χ2v) is 7.61. The van der Waals surface area contributed by atoms with Gasteiger partial charge in [0.05, 0.1) is 17.0 Å². The largest absolute Gasteiger partial charge is 0.419 e. The van der Waals surface area contributed by atoms with Crippen molar-refractivity contribution in [2.24, 2.45) is 5.92 Å². The molecular formula is C21H22ClN5O2. The summed E-state index contributed by atoms with van der Waals surface area (Å²) in [5, 5.41) is 11.8. The van der Waals surface area contributed by atoms with Crippen LogP contribution < -0.4 is 5.32 Å². The van der Waals surface area contributed by atoms with Gasteiger partial charge in [0.2, 0.25) is 17.7 Å². The predicted molar refractivity (Wildman–Crippen MR) is 110 cm³/mol. The summed E-state index contributed by atoms with van der Waals surface area (Å²) >= 11 is 5.85. The van der Waals surface area contributed by atoms with Gasteiger partial charge in [-0.2, -0.15) is 0 Å². The second kappa shape index (κ2) is 8.71. The molecule has 1 amide bonds. The first-order valence-electron chi connectivity index (χ1n) is 9.65. The van der Waals surface area contributed by atoms with Crippen LogP contribution in [0.5, 0.6) is 0 Å². The van der Waals surface area contributed by atoms with Crippen molar-refractivity contribution >= 4 is 23.3 Å².